The van der Waals surface area contributed by atoms with Crippen LogP contribution in [0.5, 0.6) is 11.5 Å². The second-order valence-electron chi connectivity index (χ2n) is 7.42. The molecule has 1 aliphatic heterocycles. The lowest BCUT2D eigenvalue weighted by Gasteiger charge is -2.34. The monoisotopic (exact) mass is 410 g/mol. The van der Waals surface area contributed by atoms with E-state index in [9.17, 15) is 9.59 Å². The Balaban J connectivity index is 1.41. The molecule has 0 N–H and O–H groups in total. The van der Waals surface area contributed by atoms with Crippen LogP contribution in [0.25, 0.3) is 0 Å². The van der Waals surface area contributed by atoms with Gasteiger partial charge in [0.25, 0.3) is 5.91 Å². The van der Waals surface area contributed by atoms with E-state index in [0.717, 1.165) is 6.42 Å². The van der Waals surface area contributed by atoms with Gasteiger partial charge in [-0.05, 0) is 38.0 Å². The van der Waals surface area contributed by atoms with E-state index in [4.69, 9.17) is 9.47 Å². The third-order valence-electron chi connectivity index (χ3n) is 5.23. The molecule has 160 valence electrons. The molecule has 0 spiro atoms. The summed E-state index contributed by atoms with van der Waals surface area (Å²) in [6.07, 6.45) is 1.24. The highest BCUT2D eigenvalue weighted by Crippen LogP contribution is 2.26. The van der Waals surface area contributed by atoms with E-state index < -0.39 is 0 Å². The number of ether oxygens (including phenoxy) is 2. The molecule has 0 aliphatic carbocycles. The molecule has 0 bridgehead atoms. The Morgan fingerprint density at radius 1 is 0.833 bits per heavy atom. The van der Waals surface area contributed by atoms with Crippen LogP contribution in [0.4, 0.5) is 0 Å². The molecule has 0 unspecified atom stereocenters. The fraction of sp³-hybridized carbons (Fsp3) is 0.417. The predicted molar refractivity (Wildman–Crippen MR) is 116 cm³/mol. The number of benzene rings is 2. The SMILES string of the molecule is CCOc1ccccc1OCC(=O)N1CCN(C(=O)CCc2ccc(C)cc2)CC1. The average Bonchev–Trinajstić information content (AvgIpc) is 2.78. The van der Waals surface area contributed by atoms with Crippen LogP contribution in [0.15, 0.2) is 48.5 Å². The van der Waals surface area contributed by atoms with Crippen molar-refractivity contribution in [2.75, 3.05) is 39.4 Å². The predicted octanol–water partition coefficient (Wildman–Crippen LogP) is 3.08. The van der Waals surface area contributed by atoms with Crippen LogP contribution in [-0.4, -0.2) is 61.0 Å². The van der Waals surface area contributed by atoms with E-state index in [1.807, 2.05) is 30.0 Å². The van der Waals surface area contributed by atoms with E-state index in [1.165, 1.54) is 11.1 Å². The van der Waals surface area contributed by atoms with Gasteiger partial charge in [0.1, 0.15) is 0 Å². The second kappa shape index (κ2) is 10.7. The van der Waals surface area contributed by atoms with Gasteiger partial charge < -0.3 is 19.3 Å². The Hall–Kier alpha value is -3.02. The summed E-state index contributed by atoms with van der Waals surface area (Å²) in [5.41, 5.74) is 2.39. The van der Waals surface area contributed by atoms with Gasteiger partial charge in [0.15, 0.2) is 18.1 Å². The number of para-hydroxylation sites is 2. The molecule has 1 fully saturated rings. The summed E-state index contributed by atoms with van der Waals surface area (Å²) in [5, 5.41) is 0. The number of carbonyl (C=O) groups is 2. The highest BCUT2D eigenvalue weighted by atomic mass is 16.5. The molecule has 3 rings (SSSR count). The van der Waals surface area contributed by atoms with E-state index in [2.05, 4.69) is 31.2 Å². The highest BCUT2D eigenvalue weighted by molar-refractivity contribution is 5.79. The molecule has 30 heavy (non-hydrogen) atoms. The van der Waals surface area contributed by atoms with Crippen molar-refractivity contribution >= 4 is 11.8 Å². The van der Waals surface area contributed by atoms with Gasteiger partial charge in [-0.2, -0.15) is 0 Å². The topological polar surface area (TPSA) is 59.1 Å². The van der Waals surface area contributed by atoms with Crippen LogP contribution in [0.3, 0.4) is 0 Å². The zero-order chi connectivity index (χ0) is 21.3. The minimum atomic E-state index is -0.0759. The summed E-state index contributed by atoms with van der Waals surface area (Å²) in [6.45, 7) is 6.65. The number of carbonyl (C=O) groups excluding carboxylic acids is 2. The molecule has 1 aliphatic rings. The number of rotatable bonds is 8. The molecular weight excluding hydrogens is 380 g/mol. The van der Waals surface area contributed by atoms with Crippen molar-refractivity contribution in [3.05, 3.63) is 59.7 Å². The highest BCUT2D eigenvalue weighted by Gasteiger charge is 2.24. The van der Waals surface area contributed by atoms with Crippen molar-refractivity contribution in [2.45, 2.75) is 26.7 Å². The van der Waals surface area contributed by atoms with Crippen LogP contribution in [0, 0.1) is 6.92 Å². The molecule has 0 aromatic heterocycles. The van der Waals surface area contributed by atoms with Crippen LogP contribution in [0.2, 0.25) is 0 Å². The maximum Gasteiger partial charge on any atom is 0.260 e. The molecule has 1 heterocycles. The summed E-state index contributed by atoms with van der Waals surface area (Å²) in [4.78, 5) is 28.6. The van der Waals surface area contributed by atoms with Gasteiger partial charge >= 0.3 is 0 Å². The zero-order valence-electron chi connectivity index (χ0n) is 17.8. The average molecular weight is 411 g/mol. The van der Waals surface area contributed by atoms with Gasteiger partial charge in [0.2, 0.25) is 5.91 Å². The maximum atomic E-state index is 12.5. The van der Waals surface area contributed by atoms with Crippen molar-refractivity contribution < 1.29 is 19.1 Å². The number of aryl methyl sites for hydroxylation is 2. The summed E-state index contributed by atoms with van der Waals surface area (Å²) < 4.78 is 11.2. The van der Waals surface area contributed by atoms with Gasteiger partial charge in [0.05, 0.1) is 6.61 Å². The Labute approximate surface area is 178 Å². The first-order chi connectivity index (χ1) is 14.6. The minimum Gasteiger partial charge on any atom is -0.490 e. The Kier molecular flexibility index (Phi) is 7.71. The second-order valence-corrected chi connectivity index (χ2v) is 7.42. The van der Waals surface area contributed by atoms with Crippen molar-refractivity contribution in [3.63, 3.8) is 0 Å². The molecule has 2 aromatic rings. The normalized spacial score (nSPS) is 13.8. The molecule has 6 nitrogen and oxygen atoms in total. The van der Waals surface area contributed by atoms with Crippen LogP contribution < -0.4 is 9.47 Å². The Bertz CT molecular complexity index is 843. The fourth-order valence-electron chi connectivity index (χ4n) is 3.44. The van der Waals surface area contributed by atoms with Gasteiger partial charge in [0, 0.05) is 32.6 Å². The lowest BCUT2D eigenvalue weighted by atomic mass is 10.1. The number of hydrogen-bond acceptors (Lipinski definition) is 4. The number of nitrogens with zero attached hydrogens (tertiary/aromatic N) is 2. The van der Waals surface area contributed by atoms with Gasteiger partial charge in [-0.15, -0.1) is 0 Å². The summed E-state index contributed by atoms with van der Waals surface area (Å²) >= 11 is 0. The standard InChI is InChI=1S/C24H30N2O4/c1-3-29-21-6-4-5-7-22(21)30-18-24(28)26-16-14-25(15-17-26)23(27)13-12-20-10-8-19(2)9-11-20/h4-11H,3,12-18H2,1-2H3. The first-order valence-corrected chi connectivity index (χ1v) is 10.5. The summed E-state index contributed by atoms with van der Waals surface area (Å²) in [5.74, 6) is 1.27. The molecule has 0 radical (unpaired) electrons. The zero-order valence-corrected chi connectivity index (χ0v) is 17.8. The lowest BCUT2D eigenvalue weighted by molar-refractivity contribution is -0.140. The fourth-order valence-corrected chi connectivity index (χ4v) is 3.44. The van der Waals surface area contributed by atoms with Crippen molar-refractivity contribution in [1.82, 2.24) is 9.80 Å². The molecule has 1 saturated heterocycles. The number of hydrogen-bond donors (Lipinski definition) is 0. The molecule has 0 atom stereocenters. The summed E-state index contributed by atoms with van der Waals surface area (Å²) in [7, 11) is 0. The van der Waals surface area contributed by atoms with E-state index in [1.54, 1.807) is 11.0 Å². The molecule has 2 amide bonds. The van der Waals surface area contributed by atoms with Gasteiger partial charge in [-0.1, -0.05) is 42.0 Å². The number of piperazine rings is 1. The van der Waals surface area contributed by atoms with Crippen molar-refractivity contribution in [2.24, 2.45) is 0 Å². The first-order valence-electron chi connectivity index (χ1n) is 10.5. The van der Waals surface area contributed by atoms with Gasteiger partial charge in [-0.3, -0.25) is 9.59 Å². The molecule has 0 saturated carbocycles. The Morgan fingerprint density at radius 3 is 2.00 bits per heavy atom. The lowest BCUT2D eigenvalue weighted by Crippen LogP contribution is -2.51. The molecule has 6 heteroatoms. The largest absolute Gasteiger partial charge is 0.490 e. The maximum absolute atomic E-state index is 12.5. The molecule has 2 aromatic carbocycles. The van der Waals surface area contributed by atoms with Crippen molar-refractivity contribution in [1.29, 1.82) is 0 Å². The number of amides is 2. The Morgan fingerprint density at radius 2 is 1.40 bits per heavy atom. The van der Waals surface area contributed by atoms with Crippen molar-refractivity contribution in [3.8, 4) is 11.5 Å². The quantitative estimate of drug-likeness (QED) is 0.671. The third-order valence-corrected chi connectivity index (χ3v) is 5.23. The first kappa shape index (κ1) is 21.7. The van der Waals surface area contributed by atoms with Crippen LogP contribution >= 0.6 is 0 Å². The molecular formula is C24H30N2O4. The van der Waals surface area contributed by atoms with Crippen LogP contribution in [0.1, 0.15) is 24.5 Å². The van der Waals surface area contributed by atoms with E-state index >= 15 is 0 Å². The van der Waals surface area contributed by atoms with Crippen LogP contribution in [-0.2, 0) is 16.0 Å². The third kappa shape index (κ3) is 5.99. The van der Waals surface area contributed by atoms with E-state index in [0.29, 0.717) is 50.7 Å². The minimum absolute atomic E-state index is 0.0363. The van der Waals surface area contributed by atoms with E-state index in [-0.39, 0.29) is 18.4 Å². The smallest absolute Gasteiger partial charge is 0.260 e. The summed E-state index contributed by atoms with van der Waals surface area (Å²) in [6, 6.07) is 15.6. The van der Waals surface area contributed by atoms with Gasteiger partial charge in [-0.25, -0.2) is 0 Å².